The molecule has 1 aromatic rings. The van der Waals surface area contributed by atoms with Gasteiger partial charge in [0.25, 0.3) is 0 Å². The van der Waals surface area contributed by atoms with Gasteiger partial charge in [0.1, 0.15) is 0 Å². The molecule has 1 amide bonds. The second kappa shape index (κ2) is 8.83. The number of piperidine rings is 1. The average Bonchev–Trinajstić information content (AvgIpc) is 2.54. The topological polar surface area (TPSA) is 66.5 Å². The van der Waals surface area contributed by atoms with Crippen LogP contribution in [-0.2, 0) is 21.2 Å². The number of carbonyl (C=O) groups is 1. The average molecular weight is 373 g/mol. The van der Waals surface area contributed by atoms with E-state index in [0.29, 0.717) is 19.5 Å². The van der Waals surface area contributed by atoms with Gasteiger partial charge in [-0.05, 0) is 49.3 Å². The van der Waals surface area contributed by atoms with Crippen molar-refractivity contribution in [1.29, 1.82) is 0 Å². The lowest BCUT2D eigenvalue weighted by molar-refractivity contribution is -0.133. The number of amides is 1. The van der Waals surface area contributed by atoms with Crippen LogP contribution in [0, 0.1) is 5.92 Å². The highest BCUT2D eigenvalue weighted by Gasteiger charge is 2.23. The van der Waals surface area contributed by atoms with Crippen molar-refractivity contribution < 1.29 is 13.2 Å². The number of benzene rings is 1. The Morgan fingerprint density at radius 2 is 2.04 bits per heavy atom. The minimum absolute atomic E-state index is 0.160. The maximum absolute atomic E-state index is 12.4. The van der Waals surface area contributed by atoms with Crippen LogP contribution in [-0.4, -0.2) is 45.1 Å². The molecule has 1 heterocycles. The van der Waals surface area contributed by atoms with E-state index in [1.165, 1.54) is 5.56 Å². The predicted octanol–water partition coefficient (Wildman–Crippen LogP) is 2.45. The number of nitrogens with one attached hydrogen (secondary N) is 1. The normalized spacial score (nSPS) is 18.6. The third kappa shape index (κ3) is 6.79. The number of carbonyl (C=O) groups excluding carboxylic acids is 1. The summed E-state index contributed by atoms with van der Waals surface area (Å²) >= 11 is 5.86. The molecule has 1 saturated heterocycles. The number of hydrogen-bond donors (Lipinski definition) is 1. The molecule has 24 heavy (non-hydrogen) atoms. The van der Waals surface area contributed by atoms with E-state index in [1.807, 2.05) is 29.2 Å². The molecule has 1 N–H and O–H groups in total. The fourth-order valence-corrected chi connectivity index (χ4v) is 3.64. The van der Waals surface area contributed by atoms with Crippen LogP contribution in [0.5, 0.6) is 0 Å². The fourth-order valence-electron chi connectivity index (χ4n) is 2.98. The zero-order chi connectivity index (χ0) is 17.6. The Morgan fingerprint density at radius 1 is 1.33 bits per heavy atom. The molecule has 0 saturated carbocycles. The van der Waals surface area contributed by atoms with E-state index in [0.717, 1.165) is 43.5 Å². The van der Waals surface area contributed by atoms with Gasteiger partial charge in [0, 0.05) is 31.1 Å². The summed E-state index contributed by atoms with van der Waals surface area (Å²) in [6.45, 7) is 1.82. The van der Waals surface area contributed by atoms with Crippen molar-refractivity contribution in [3.63, 3.8) is 0 Å². The van der Waals surface area contributed by atoms with Crippen molar-refractivity contribution >= 4 is 27.5 Å². The van der Waals surface area contributed by atoms with Gasteiger partial charge in [0.15, 0.2) is 0 Å². The summed E-state index contributed by atoms with van der Waals surface area (Å²) < 4.78 is 24.9. The van der Waals surface area contributed by atoms with Crippen LogP contribution in [0.4, 0.5) is 0 Å². The molecule has 1 aliphatic heterocycles. The molecule has 0 aliphatic carbocycles. The molecule has 0 spiro atoms. The number of aryl methyl sites for hydroxylation is 1. The second-order valence-corrected chi connectivity index (χ2v) is 8.72. The van der Waals surface area contributed by atoms with Crippen LogP contribution in [0.25, 0.3) is 0 Å². The van der Waals surface area contributed by atoms with Gasteiger partial charge >= 0.3 is 0 Å². The van der Waals surface area contributed by atoms with E-state index < -0.39 is 10.0 Å². The summed E-state index contributed by atoms with van der Waals surface area (Å²) in [7, 11) is -3.17. The van der Waals surface area contributed by atoms with E-state index in [1.54, 1.807) is 0 Å². The Hall–Kier alpha value is -1.11. The van der Waals surface area contributed by atoms with E-state index in [9.17, 15) is 13.2 Å². The van der Waals surface area contributed by atoms with Crippen molar-refractivity contribution in [1.82, 2.24) is 9.62 Å². The summed E-state index contributed by atoms with van der Waals surface area (Å²) in [6.07, 6.45) is 5.24. The molecular weight excluding hydrogens is 348 g/mol. The number of sulfonamides is 1. The Labute approximate surface area is 149 Å². The number of hydrogen-bond acceptors (Lipinski definition) is 3. The lowest BCUT2D eigenvalue weighted by Crippen LogP contribution is -2.43. The third-order valence-corrected chi connectivity index (χ3v) is 5.22. The zero-order valence-corrected chi connectivity index (χ0v) is 15.6. The van der Waals surface area contributed by atoms with Crippen molar-refractivity contribution in [3.8, 4) is 0 Å². The highest BCUT2D eigenvalue weighted by atomic mass is 35.5. The first kappa shape index (κ1) is 19.2. The number of halogens is 1. The number of nitrogens with zero attached hydrogens (tertiary/aromatic N) is 1. The number of likely N-dealkylation sites (tertiary alicyclic amines) is 1. The summed E-state index contributed by atoms with van der Waals surface area (Å²) in [5.74, 6) is 0.363. The SMILES string of the molecule is CS(=O)(=O)NC[C@H]1CCCN(C(=O)CCCc2ccc(Cl)cc2)C1. The van der Waals surface area contributed by atoms with Gasteiger partial charge in [0.2, 0.25) is 15.9 Å². The van der Waals surface area contributed by atoms with Gasteiger partial charge in [-0.15, -0.1) is 0 Å². The van der Waals surface area contributed by atoms with Crippen LogP contribution < -0.4 is 4.72 Å². The Balaban J connectivity index is 1.74. The lowest BCUT2D eigenvalue weighted by atomic mass is 9.97. The maximum Gasteiger partial charge on any atom is 0.222 e. The molecule has 5 nitrogen and oxygen atoms in total. The lowest BCUT2D eigenvalue weighted by Gasteiger charge is -2.33. The van der Waals surface area contributed by atoms with Crippen LogP contribution in [0.3, 0.4) is 0 Å². The molecule has 134 valence electrons. The first-order valence-corrected chi connectivity index (χ1v) is 10.6. The largest absolute Gasteiger partial charge is 0.342 e. The van der Waals surface area contributed by atoms with Crippen LogP contribution in [0.1, 0.15) is 31.2 Å². The van der Waals surface area contributed by atoms with Gasteiger partial charge in [-0.2, -0.15) is 0 Å². The van der Waals surface area contributed by atoms with Crippen molar-refractivity contribution in [3.05, 3.63) is 34.9 Å². The van der Waals surface area contributed by atoms with E-state index in [2.05, 4.69) is 4.72 Å². The smallest absolute Gasteiger partial charge is 0.222 e. The highest BCUT2D eigenvalue weighted by molar-refractivity contribution is 7.88. The third-order valence-electron chi connectivity index (χ3n) is 4.28. The van der Waals surface area contributed by atoms with Crippen molar-refractivity contribution in [2.75, 3.05) is 25.9 Å². The fraction of sp³-hybridized carbons (Fsp3) is 0.588. The molecule has 7 heteroatoms. The molecule has 1 aliphatic rings. The first-order valence-electron chi connectivity index (χ1n) is 8.30. The molecule has 0 bridgehead atoms. The van der Waals surface area contributed by atoms with E-state index in [4.69, 9.17) is 11.6 Å². The van der Waals surface area contributed by atoms with E-state index >= 15 is 0 Å². The van der Waals surface area contributed by atoms with Gasteiger partial charge in [0.05, 0.1) is 6.26 Å². The quantitative estimate of drug-likeness (QED) is 0.799. The highest BCUT2D eigenvalue weighted by Crippen LogP contribution is 2.18. The number of rotatable bonds is 7. The molecule has 0 aromatic heterocycles. The second-order valence-electron chi connectivity index (χ2n) is 6.45. The van der Waals surface area contributed by atoms with E-state index in [-0.39, 0.29) is 11.8 Å². The standard InChI is InChI=1S/C17H25ClN2O3S/c1-24(22,23)19-12-15-5-3-11-20(13-15)17(21)6-2-4-14-7-9-16(18)10-8-14/h7-10,15,19H,2-6,11-13H2,1H3/t15-/m1/s1. The maximum atomic E-state index is 12.4. The van der Waals surface area contributed by atoms with Crippen LogP contribution in [0.2, 0.25) is 5.02 Å². The van der Waals surface area contributed by atoms with Gasteiger partial charge < -0.3 is 4.90 Å². The molecular formula is C17H25ClN2O3S. The Morgan fingerprint density at radius 3 is 2.71 bits per heavy atom. The minimum atomic E-state index is -3.17. The molecule has 0 unspecified atom stereocenters. The monoisotopic (exact) mass is 372 g/mol. The van der Waals surface area contributed by atoms with Crippen LogP contribution >= 0.6 is 11.6 Å². The predicted molar refractivity (Wildman–Crippen MR) is 96.5 cm³/mol. The molecule has 1 fully saturated rings. The minimum Gasteiger partial charge on any atom is -0.342 e. The Kier molecular flexibility index (Phi) is 7.07. The first-order chi connectivity index (χ1) is 11.3. The summed E-state index contributed by atoms with van der Waals surface area (Å²) in [5.41, 5.74) is 1.18. The zero-order valence-electron chi connectivity index (χ0n) is 14.0. The summed E-state index contributed by atoms with van der Waals surface area (Å²) in [4.78, 5) is 14.2. The molecule has 2 rings (SSSR count). The van der Waals surface area contributed by atoms with Gasteiger partial charge in [-0.25, -0.2) is 13.1 Å². The molecule has 1 aromatic carbocycles. The van der Waals surface area contributed by atoms with Crippen molar-refractivity contribution in [2.45, 2.75) is 32.1 Å². The Bertz CT molecular complexity index is 646. The van der Waals surface area contributed by atoms with Crippen molar-refractivity contribution in [2.24, 2.45) is 5.92 Å². The van der Waals surface area contributed by atoms with Crippen LogP contribution in [0.15, 0.2) is 24.3 Å². The van der Waals surface area contributed by atoms with Gasteiger partial charge in [-0.3, -0.25) is 4.79 Å². The summed E-state index contributed by atoms with van der Waals surface area (Å²) in [6, 6.07) is 7.70. The molecule has 0 radical (unpaired) electrons. The molecule has 1 atom stereocenters. The summed E-state index contributed by atoms with van der Waals surface area (Å²) in [5, 5.41) is 0.719. The van der Waals surface area contributed by atoms with Gasteiger partial charge in [-0.1, -0.05) is 23.7 Å².